The molecule has 2 atom stereocenters. The van der Waals surface area contributed by atoms with Crippen LogP contribution < -0.4 is 15.4 Å². The zero-order valence-corrected chi connectivity index (χ0v) is 21.1. The number of thiophene rings is 1. The summed E-state index contributed by atoms with van der Waals surface area (Å²) in [5.41, 5.74) is 0.575. The number of urea groups is 1. The first-order chi connectivity index (χ1) is 16.9. The van der Waals surface area contributed by atoms with Crippen molar-refractivity contribution in [3.05, 3.63) is 41.8 Å². The van der Waals surface area contributed by atoms with Crippen molar-refractivity contribution in [1.29, 1.82) is 0 Å². The zero-order valence-electron chi connectivity index (χ0n) is 19.5. The van der Waals surface area contributed by atoms with Crippen molar-refractivity contribution in [3.8, 4) is 5.75 Å². The fourth-order valence-electron chi connectivity index (χ4n) is 4.12. The minimum atomic E-state index is -3.88. The maximum Gasteiger partial charge on any atom is 0.321 e. The Morgan fingerprint density at radius 1 is 1.20 bits per heavy atom. The molecule has 190 valence electrons. The number of carbonyl (C=O) groups excluding carboxylic acids is 2. The van der Waals surface area contributed by atoms with Gasteiger partial charge in [0, 0.05) is 38.5 Å². The number of carbonyl (C=O) groups is 2. The molecule has 2 fully saturated rings. The van der Waals surface area contributed by atoms with E-state index in [-0.39, 0.29) is 29.9 Å². The minimum absolute atomic E-state index is 0.00888. The van der Waals surface area contributed by atoms with E-state index in [2.05, 4.69) is 10.6 Å². The molecule has 3 amide bonds. The standard InChI is InChI=1S/C23H30N4O6S2/c1-2-32-18-9-7-17(8-10-18)25-23(29)26-11-12-27(35(30,31)21-6-4-14-34-21)20(16-26)22(28)24-15-19-5-3-13-33-19/h4,6-10,14,19-20H,2-3,5,11-13,15-16H2,1H3,(H,24,28)(H,25,29). The van der Waals surface area contributed by atoms with E-state index in [0.717, 1.165) is 24.2 Å². The summed E-state index contributed by atoms with van der Waals surface area (Å²) in [6, 6.07) is 8.69. The Balaban J connectivity index is 1.47. The molecule has 0 aliphatic carbocycles. The molecule has 0 spiro atoms. The van der Waals surface area contributed by atoms with Crippen molar-refractivity contribution < 1.29 is 27.5 Å². The predicted octanol–water partition coefficient (Wildman–Crippen LogP) is 2.35. The highest BCUT2D eigenvalue weighted by Gasteiger charge is 2.42. The summed E-state index contributed by atoms with van der Waals surface area (Å²) in [4.78, 5) is 27.6. The van der Waals surface area contributed by atoms with Crippen LogP contribution in [0.5, 0.6) is 5.75 Å². The monoisotopic (exact) mass is 522 g/mol. The van der Waals surface area contributed by atoms with E-state index < -0.39 is 28.0 Å². The smallest absolute Gasteiger partial charge is 0.321 e. The zero-order chi connectivity index (χ0) is 24.8. The lowest BCUT2D eigenvalue weighted by Crippen LogP contribution is -2.62. The second-order valence-corrected chi connectivity index (χ2v) is 11.3. The Morgan fingerprint density at radius 2 is 2.00 bits per heavy atom. The maximum absolute atomic E-state index is 13.3. The molecule has 35 heavy (non-hydrogen) atoms. The van der Waals surface area contributed by atoms with Crippen molar-refractivity contribution in [2.24, 2.45) is 0 Å². The highest BCUT2D eigenvalue weighted by molar-refractivity contribution is 7.91. The van der Waals surface area contributed by atoms with Gasteiger partial charge in [-0.3, -0.25) is 4.79 Å². The van der Waals surface area contributed by atoms with Gasteiger partial charge >= 0.3 is 6.03 Å². The minimum Gasteiger partial charge on any atom is -0.494 e. The highest BCUT2D eigenvalue weighted by atomic mass is 32.2. The number of sulfonamides is 1. The van der Waals surface area contributed by atoms with Gasteiger partial charge in [-0.2, -0.15) is 4.31 Å². The molecule has 2 N–H and O–H groups in total. The highest BCUT2D eigenvalue weighted by Crippen LogP contribution is 2.26. The third kappa shape index (κ3) is 6.13. The van der Waals surface area contributed by atoms with Crippen LogP contribution in [0.2, 0.25) is 0 Å². The van der Waals surface area contributed by atoms with E-state index >= 15 is 0 Å². The first kappa shape index (κ1) is 25.4. The van der Waals surface area contributed by atoms with Gasteiger partial charge in [0.25, 0.3) is 10.0 Å². The van der Waals surface area contributed by atoms with E-state index in [1.54, 1.807) is 35.7 Å². The summed E-state index contributed by atoms with van der Waals surface area (Å²) in [7, 11) is -3.88. The summed E-state index contributed by atoms with van der Waals surface area (Å²) >= 11 is 1.10. The van der Waals surface area contributed by atoms with E-state index in [4.69, 9.17) is 9.47 Å². The van der Waals surface area contributed by atoms with Gasteiger partial charge in [-0.25, -0.2) is 13.2 Å². The molecule has 1 aromatic heterocycles. The van der Waals surface area contributed by atoms with E-state index in [1.165, 1.54) is 15.3 Å². The van der Waals surface area contributed by atoms with Crippen molar-refractivity contribution in [2.75, 3.05) is 44.7 Å². The third-order valence-corrected chi connectivity index (χ3v) is 9.20. The molecule has 2 aliphatic heterocycles. The number of nitrogens with one attached hydrogen (secondary N) is 2. The largest absolute Gasteiger partial charge is 0.494 e. The average molecular weight is 523 g/mol. The summed E-state index contributed by atoms with van der Waals surface area (Å²) in [6.07, 6.45) is 1.70. The summed E-state index contributed by atoms with van der Waals surface area (Å²) in [5, 5.41) is 7.32. The van der Waals surface area contributed by atoms with Crippen LogP contribution in [0.3, 0.4) is 0 Å². The van der Waals surface area contributed by atoms with E-state index in [1.807, 2.05) is 6.92 Å². The molecule has 2 unspecified atom stereocenters. The third-order valence-electron chi connectivity index (χ3n) is 5.92. The molecule has 2 saturated heterocycles. The van der Waals surface area contributed by atoms with Gasteiger partial charge in [-0.05, 0) is 55.5 Å². The molecule has 0 radical (unpaired) electrons. The van der Waals surface area contributed by atoms with Crippen LogP contribution in [0.4, 0.5) is 10.5 Å². The van der Waals surface area contributed by atoms with Gasteiger partial charge in [-0.1, -0.05) is 6.07 Å². The molecule has 1 aromatic carbocycles. The maximum atomic E-state index is 13.3. The molecule has 12 heteroatoms. The Bertz CT molecular complexity index is 1100. The van der Waals surface area contributed by atoms with Crippen LogP contribution in [-0.4, -0.2) is 81.1 Å². The summed E-state index contributed by atoms with van der Waals surface area (Å²) < 4.78 is 38.9. The van der Waals surface area contributed by atoms with Gasteiger partial charge in [0.2, 0.25) is 5.91 Å². The molecule has 2 aromatic rings. The molecule has 4 rings (SSSR count). The lowest BCUT2D eigenvalue weighted by atomic mass is 10.2. The lowest BCUT2D eigenvalue weighted by molar-refractivity contribution is -0.126. The molecule has 2 aliphatic rings. The summed E-state index contributed by atoms with van der Waals surface area (Å²) in [6.45, 7) is 3.49. The van der Waals surface area contributed by atoms with Gasteiger partial charge in [0.1, 0.15) is 16.0 Å². The fraction of sp³-hybridized carbons (Fsp3) is 0.478. The number of hydrogen-bond donors (Lipinski definition) is 2. The van der Waals surface area contributed by atoms with Crippen LogP contribution >= 0.6 is 11.3 Å². The SMILES string of the molecule is CCOc1ccc(NC(=O)N2CCN(S(=O)(=O)c3cccs3)C(C(=O)NCC3CCCO3)C2)cc1. The number of benzene rings is 1. The van der Waals surface area contributed by atoms with Crippen molar-refractivity contribution in [2.45, 2.75) is 36.1 Å². The Morgan fingerprint density at radius 3 is 2.66 bits per heavy atom. The predicted molar refractivity (Wildman–Crippen MR) is 132 cm³/mol. The molecule has 3 heterocycles. The van der Waals surface area contributed by atoms with Gasteiger partial charge < -0.3 is 25.0 Å². The Labute approximate surface area is 209 Å². The first-order valence-corrected chi connectivity index (χ1v) is 13.9. The number of rotatable bonds is 8. The average Bonchev–Trinajstić information content (AvgIpc) is 3.58. The van der Waals surface area contributed by atoms with E-state index in [9.17, 15) is 18.0 Å². The molecular weight excluding hydrogens is 492 g/mol. The van der Waals surface area contributed by atoms with E-state index in [0.29, 0.717) is 31.2 Å². The van der Waals surface area contributed by atoms with Crippen LogP contribution in [-0.2, 0) is 19.6 Å². The summed E-state index contributed by atoms with van der Waals surface area (Å²) in [5.74, 6) is 0.250. The van der Waals surface area contributed by atoms with Gasteiger partial charge in [0.15, 0.2) is 0 Å². The van der Waals surface area contributed by atoms with Gasteiger partial charge in [0.05, 0.1) is 12.7 Å². The second kappa shape index (κ2) is 11.4. The van der Waals surface area contributed by atoms with Crippen LogP contribution in [0, 0.1) is 0 Å². The number of amides is 3. The normalized spacial score (nSPS) is 21.0. The number of ether oxygens (including phenoxy) is 2. The lowest BCUT2D eigenvalue weighted by Gasteiger charge is -2.39. The van der Waals surface area contributed by atoms with Crippen molar-refractivity contribution in [1.82, 2.24) is 14.5 Å². The fourth-order valence-corrected chi connectivity index (χ4v) is 6.81. The molecule has 0 saturated carbocycles. The number of piperazine rings is 1. The van der Waals surface area contributed by atoms with Gasteiger partial charge in [-0.15, -0.1) is 11.3 Å². The topological polar surface area (TPSA) is 117 Å². The van der Waals surface area contributed by atoms with Crippen LogP contribution in [0.15, 0.2) is 46.0 Å². The van der Waals surface area contributed by atoms with Crippen molar-refractivity contribution in [3.63, 3.8) is 0 Å². The quantitative estimate of drug-likeness (QED) is 0.550. The number of anilines is 1. The molecule has 10 nitrogen and oxygen atoms in total. The number of hydrogen-bond acceptors (Lipinski definition) is 7. The number of nitrogens with zero attached hydrogens (tertiary/aromatic N) is 2. The Hall–Kier alpha value is -2.67. The van der Waals surface area contributed by atoms with Crippen LogP contribution in [0.1, 0.15) is 19.8 Å². The first-order valence-electron chi connectivity index (χ1n) is 11.6. The Kier molecular flexibility index (Phi) is 8.26. The van der Waals surface area contributed by atoms with Crippen molar-refractivity contribution >= 4 is 39.0 Å². The van der Waals surface area contributed by atoms with Crippen LogP contribution in [0.25, 0.3) is 0 Å². The molecule has 0 bridgehead atoms. The molecular formula is C23H30N4O6S2. The second-order valence-electron chi connectivity index (χ2n) is 8.28.